The van der Waals surface area contributed by atoms with Gasteiger partial charge >= 0.3 is 11.9 Å². The van der Waals surface area contributed by atoms with Gasteiger partial charge in [0.1, 0.15) is 19.0 Å². The van der Waals surface area contributed by atoms with Crippen LogP contribution in [0.25, 0.3) is 0 Å². The first kappa shape index (κ1) is 22.2. The Balaban J connectivity index is 1.93. The van der Waals surface area contributed by atoms with Crippen LogP contribution in [0.15, 0.2) is 65.9 Å². The van der Waals surface area contributed by atoms with Gasteiger partial charge in [-0.1, -0.05) is 42.5 Å². The number of carbonyl (C=O) groups is 3. The molecule has 3 rings (SSSR count). The summed E-state index contributed by atoms with van der Waals surface area (Å²) in [7, 11) is 0. The molecule has 0 spiro atoms. The van der Waals surface area contributed by atoms with E-state index < -0.39 is 23.7 Å². The van der Waals surface area contributed by atoms with E-state index in [0.29, 0.717) is 11.3 Å². The van der Waals surface area contributed by atoms with Crippen molar-refractivity contribution in [1.29, 1.82) is 0 Å². The highest BCUT2D eigenvalue weighted by Gasteiger charge is 2.37. The smallest absolute Gasteiger partial charge is 0.336 e. The average Bonchev–Trinajstić information content (AvgIpc) is 2.76. The molecule has 0 N–H and O–H groups in total. The molecule has 1 amide bonds. The zero-order valence-corrected chi connectivity index (χ0v) is 17.5. The summed E-state index contributed by atoms with van der Waals surface area (Å²) in [5.74, 6) is -2.48. The first-order valence-corrected chi connectivity index (χ1v) is 10.0. The summed E-state index contributed by atoms with van der Waals surface area (Å²) in [6, 6.07) is 14.9. The molecule has 7 heteroatoms. The van der Waals surface area contributed by atoms with Crippen LogP contribution in [0.2, 0.25) is 0 Å². The van der Waals surface area contributed by atoms with Crippen molar-refractivity contribution >= 4 is 17.8 Å². The first-order chi connectivity index (χ1) is 14.9. The Hall–Kier alpha value is -3.48. The number of halogens is 1. The maximum atomic E-state index is 13.4. The summed E-state index contributed by atoms with van der Waals surface area (Å²) in [4.78, 5) is 39.1. The Kier molecular flexibility index (Phi) is 7.18. The summed E-state index contributed by atoms with van der Waals surface area (Å²) in [6.45, 7) is 3.25. The second kappa shape index (κ2) is 10.0. The van der Waals surface area contributed by atoms with Crippen molar-refractivity contribution in [2.24, 2.45) is 0 Å². The van der Waals surface area contributed by atoms with Crippen LogP contribution < -0.4 is 0 Å². The van der Waals surface area contributed by atoms with Crippen molar-refractivity contribution in [3.8, 4) is 0 Å². The third kappa shape index (κ3) is 5.36. The van der Waals surface area contributed by atoms with Crippen LogP contribution in [0.1, 0.15) is 37.3 Å². The van der Waals surface area contributed by atoms with E-state index in [4.69, 9.17) is 9.47 Å². The normalized spacial score (nSPS) is 16.3. The Labute approximate surface area is 180 Å². The zero-order chi connectivity index (χ0) is 22.4. The lowest BCUT2D eigenvalue weighted by atomic mass is 9.83. The lowest BCUT2D eigenvalue weighted by Gasteiger charge is -2.33. The lowest BCUT2D eigenvalue weighted by molar-refractivity contribution is -0.149. The molecule has 1 heterocycles. The molecule has 0 aromatic heterocycles. The van der Waals surface area contributed by atoms with Gasteiger partial charge in [0.25, 0.3) is 0 Å². The highest BCUT2D eigenvalue weighted by atomic mass is 19.1. The number of amides is 1. The van der Waals surface area contributed by atoms with Gasteiger partial charge in [0.15, 0.2) is 0 Å². The molecule has 162 valence electrons. The van der Waals surface area contributed by atoms with E-state index >= 15 is 0 Å². The van der Waals surface area contributed by atoms with Gasteiger partial charge < -0.3 is 14.4 Å². The van der Waals surface area contributed by atoms with Gasteiger partial charge in [0, 0.05) is 18.0 Å². The molecule has 1 aliphatic rings. The van der Waals surface area contributed by atoms with Gasteiger partial charge in [0.05, 0.1) is 12.2 Å². The van der Waals surface area contributed by atoms with E-state index in [9.17, 15) is 18.8 Å². The highest BCUT2D eigenvalue weighted by Crippen LogP contribution is 2.37. The van der Waals surface area contributed by atoms with Gasteiger partial charge in [-0.3, -0.25) is 9.59 Å². The number of allylic oxidation sites excluding steroid dienone is 1. The number of rotatable bonds is 7. The van der Waals surface area contributed by atoms with Gasteiger partial charge in [-0.25, -0.2) is 9.18 Å². The summed E-state index contributed by atoms with van der Waals surface area (Å²) in [6.07, 6.45) is -0.0435. The molecule has 0 radical (unpaired) electrons. The largest absolute Gasteiger partial charge is 0.465 e. The quantitative estimate of drug-likeness (QED) is 0.632. The topological polar surface area (TPSA) is 72.9 Å². The Bertz CT molecular complexity index is 985. The summed E-state index contributed by atoms with van der Waals surface area (Å²) < 4.78 is 23.9. The summed E-state index contributed by atoms with van der Waals surface area (Å²) in [5, 5.41) is 0. The maximum Gasteiger partial charge on any atom is 0.336 e. The van der Waals surface area contributed by atoms with Crippen LogP contribution in [-0.4, -0.2) is 35.9 Å². The number of esters is 2. The van der Waals surface area contributed by atoms with Gasteiger partial charge in [-0.2, -0.15) is 0 Å². The average molecular weight is 425 g/mol. The molecule has 2 aromatic rings. The molecular formula is C24H24FNO5. The van der Waals surface area contributed by atoms with Crippen LogP contribution in [-0.2, 0) is 30.5 Å². The van der Waals surface area contributed by atoms with Crippen molar-refractivity contribution < 1.29 is 28.2 Å². The number of hydrogen-bond donors (Lipinski definition) is 0. The van der Waals surface area contributed by atoms with Crippen LogP contribution in [0.4, 0.5) is 4.39 Å². The number of benzene rings is 2. The van der Waals surface area contributed by atoms with E-state index in [0.717, 1.165) is 5.56 Å². The monoisotopic (exact) mass is 425 g/mol. The van der Waals surface area contributed by atoms with E-state index in [-0.39, 0.29) is 37.7 Å². The fourth-order valence-corrected chi connectivity index (χ4v) is 3.58. The molecule has 1 unspecified atom stereocenters. The third-order valence-corrected chi connectivity index (χ3v) is 5.12. The summed E-state index contributed by atoms with van der Waals surface area (Å²) >= 11 is 0. The fourth-order valence-electron chi connectivity index (χ4n) is 3.58. The molecule has 0 saturated carbocycles. The third-order valence-electron chi connectivity index (χ3n) is 5.12. The Morgan fingerprint density at radius 3 is 2.39 bits per heavy atom. The van der Waals surface area contributed by atoms with E-state index in [1.807, 2.05) is 30.3 Å². The van der Waals surface area contributed by atoms with E-state index in [2.05, 4.69) is 0 Å². The Morgan fingerprint density at radius 2 is 1.74 bits per heavy atom. The molecule has 31 heavy (non-hydrogen) atoms. The number of carbonyl (C=O) groups excluding carboxylic acids is 3. The van der Waals surface area contributed by atoms with Crippen LogP contribution in [0.5, 0.6) is 0 Å². The minimum atomic E-state index is -0.602. The lowest BCUT2D eigenvalue weighted by Crippen LogP contribution is -2.41. The number of nitrogens with zero attached hydrogens (tertiary/aromatic N) is 1. The van der Waals surface area contributed by atoms with Gasteiger partial charge in [0.2, 0.25) is 5.91 Å². The highest BCUT2D eigenvalue weighted by molar-refractivity contribution is 5.96. The molecular weight excluding hydrogens is 401 g/mol. The second-order valence-electron chi connectivity index (χ2n) is 7.15. The molecule has 2 aromatic carbocycles. The Morgan fingerprint density at radius 1 is 1.06 bits per heavy atom. The maximum absolute atomic E-state index is 13.4. The SMILES string of the molecule is CCOC(=O)CN1C(=O)CC(c2ccc(F)cc2)C(C(=O)OCc2ccccc2)=C1C. The van der Waals surface area contributed by atoms with Crippen LogP contribution in [0, 0.1) is 5.82 Å². The number of ether oxygens (including phenoxy) is 2. The zero-order valence-electron chi connectivity index (χ0n) is 17.5. The molecule has 1 aliphatic heterocycles. The predicted octanol–water partition coefficient (Wildman–Crippen LogP) is 3.72. The number of hydrogen-bond acceptors (Lipinski definition) is 5. The molecule has 6 nitrogen and oxygen atoms in total. The van der Waals surface area contributed by atoms with E-state index in [1.165, 1.54) is 17.0 Å². The van der Waals surface area contributed by atoms with Crippen molar-refractivity contribution in [3.05, 3.63) is 82.8 Å². The van der Waals surface area contributed by atoms with E-state index in [1.54, 1.807) is 26.0 Å². The summed E-state index contributed by atoms with van der Waals surface area (Å²) in [5.41, 5.74) is 2.04. The van der Waals surface area contributed by atoms with Crippen LogP contribution >= 0.6 is 0 Å². The van der Waals surface area contributed by atoms with Crippen molar-refractivity contribution in [3.63, 3.8) is 0 Å². The molecule has 1 atom stereocenters. The fraction of sp³-hybridized carbons (Fsp3) is 0.292. The predicted molar refractivity (Wildman–Crippen MR) is 111 cm³/mol. The first-order valence-electron chi connectivity index (χ1n) is 10.0. The molecule has 0 saturated heterocycles. The minimum Gasteiger partial charge on any atom is -0.465 e. The van der Waals surface area contributed by atoms with Crippen LogP contribution in [0.3, 0.4) is 0 Å². The molecule has 0 fully saturated rings. The van der Waals surface area contributed by atoms with Gasteiger partial charge in [-0.05, 0) is 37.1 Å². The minimum absolute atomic E-state index is 0.0435. The molecule has 0 aliphatic carbocycles. The van der Waals surface area contributed by atoms with Gasteiger partial charge in [-0.15, -0.1) is 0 Å². The van der Waals surface area contributed by atoms with Crippen molar-refractivity contribution in [1.82, 2.24) is 4.90 Å². The standard InChI is InChI=1S/C24H24FNO5/c1-3-30-22(28)14-26-16(2)23(24(29)31-15-17-7-5-4-6-8-17)20(13-21(26)27)18-9-11-19(25)12-10-18/h4-12,20H,3,13-15H2,1-2H3. The van der Waals surface area contributed by atoms with Crippen molar-refractivity contribution in [2.45, 2.75) is 32.8 Å². The molecule has 0 bridgehead atoms. The second-order valence-corrected chi connectivity index (χ2v) is 7.15. The van der Waals surface area contributed by atoms with Crippen molar-refractivity contribution in [2.75, 3.05) is 13.2 Å².